The number of ether oxygens (including phenoxy) is 2. The predicted octanol–water partition coefficient (Wildman–Crippen LogP) is 0.200. The van der Waals surface area contributed by atoms with Crippen LogP contribution in [0.15, 0.2) is 0 Å². The van der Waals surface area contributed by atoms with Gasteiger partial charge in [-0.3, -0.25) is 0 Å². The zero-order valence-electron chi connectivity index (χ0n) is 11.3. The van der Waals surface area contributed by atoms with Gasteiger partial charge in [0.15, 0.2) is 6.04 Å². The molecule has 2 amide bonds. The molecule has 0 saturated carbocycles. The number of methoxy groups -OCH3 is 1. The number of carbonyl (C=O) groups is 2. The number of rotatable bonds is 6. The normalized spacial score (nSPS) is 19.5. The van der Waals surface area contributed by atoms with E-state index in [1.54, 1.807) is 0 Å². The Morgan fingerprint density at radius 3 is 2.53 bits per heavy atom. The fraction of sp³-hybridized carbons (Fsp3) is 0.833. The topological polar surface area (TPSA) is 96.9 Å². The number of amides is 2. The SMILES string of the molecule is COCC(NC(=O)NC(C)C1CCOCC1)C(=O)O. The standard InChI is InChI=1S/C12H22N2O5/c1-8(9-3-5-19-6-4-9)13-12(17)14-10(7-18-2)11(15)16/h8-10H,3-7H2,1-2H3,(H,15,16)(H2,13,14,17). The Bertz CT molecular complexity index is 304. The molecule has 1 aliphatic heterocycles. The minimum atomic E-state index is -1.12. The molecule has 0 aliphatic carbocycles. The number of nitrogens with one attached hydrogen (secondary N) is 2. The second kappa shape index (κ2) is 7.96. The first kappa shape index (κ1) is 15.7. The van der Waals surface area contributed by atoms with E-state index in [1.165, 1.54) is 7.11 Å². The molecule has 0 aromatic carbocycles. The predicted molar refractivity (Wildman–Crippen MR) is 68.0 cm³/mol. The van der Waals surface area contributed by atoms with Gasteiger partial charge in [-0.05, 0) is 25.7 Å². The second-order valence-electron chi connectivity index (χ2n) is 4.70. The first-order chi connectivity index (χ1) is 9.04. The minimum absolute atomic E-state index is 0.0131. The smallest absolute Gasteiger partial charge is 0.328 e. The van der Waals surface area contributed by atoms with Gasteiger partial charge in [0.1, 0.15) is 0 Å². The third kappa shape index (κ3) is 5.44. The molecule has 1 rings (SSSR count). The molecule has 0 radical (unpaired) electrons. The van der Waals surface area contributed by atoms with Crippen molar-refractivity contribution in [2.75, 3.05) is 26.9 Å². The van der Waals surface area contributed by atoms with Gasteiger partial charge in [-0.2, -0.15) is 0 Å². The van der Waals surface area contributed by atoms with Crippen LogP contribution in [0.5, 0.6) is 0 Å². The molecule has 19 heavy (non-hydrogen) atoms. The summed E-state index contributed by atoms with van der Waals surface area (Å²) in [6.07, 6.45) is 1.81. The molecule has 1 saturated heterocycles. The van der Waals surface area contributed by atoms with Crippen LogP contribution in [0, 0.1) is 5.92 Å². The molecule has 2 atom stereocenters. The van der Waals surface area contributed by atoms with Gasteiger partial charge in [-0.25, -0.2) is 9.59 Å². The molecule has 0 spiro atoms. The lowest BCUT2D eigenvalue weighted by molar-refractivity contribution is -0.140. The Kier molecular flexibility index (Phi) is 6.58. The van der Waals surface area contributed by atoms with E-state index in [1.807, 2.05) is 6.92 Å². The summed E-state index contributed by atoms with van der Waals surface area (Å²) < 4.78 is 10.0. The number of aliphatic carboxylic acids is 1. The van der Waals surface area contributed by atoms with Gasteiger partial charge in [-0.1, -0.05) is 0 Å². The maximum atomic E-state index is 11.7. The van der Waals surface area contributed by atoms with Gasteiger partial charge >= 0.3 is 12.0 Å². The maximum Gasteiger partial charge on any atom is 0.328 e. The number of carboxylic acids is 1. The summed E-state index contributed by atoms with van der Waals surface area (Å²) in [6.45, 7) is 3.27. The van der Waals surface area contributed by atoms with Crippen LogP contribution in [-0.4, -0.2) is 56.1 Å². The van der Waals surface area contributed by atoms with E-state index in [9.17, 15) is 9.59 Å². The van der Waals surface area contributed by atoms with E-state index < -0.39 is 18.0 Å². The first-order valence-corrected chi connectivity index (χ1v) is 6.41. The lowest BCUT2D eigenvalue weighted by Crippen LogP contribution is -2.51. The van der Waals surface area contributed by atoms with Crippen molar-refractivity contribution >= 4 is 12.0 Å². The van der Waals surface area contributed by atoms with Crippen molar-refractivity contribution in [3.05, 3.63) is 0 Å². The van der Waals surface area contributed by atoms with Crippen LogP contribution in [0.4, 0.5) is 4.79 Å². The van der Waals surface area contributed by atoms with Crippen LogP contribution < -0.4 is 10.6 Å². The summed E-state index contributed by atoms with van der Waals surface area (Å²) >= 11 is 0. The van der Waals surface area contributed by atoms with Crippen LogP contribution in [0.3, 0.4) is 0 Å². The zero-order chi connectivity index (χ0) is 14.3. The minimum Gasteiger partial charge on any atom is -0.480 e. The zero-order valence-corrected chi connectivity index (χ0v) is 11.3. The third-order valence-corrected chi connectivity index (χ3v) is 3.27. The lowest BCUT2D eigenvalue weighted by atomic mass is 9.93. The highest BCUT2D eigenvalue weighted by Crippen LogP contribution is 2.18. The molecule has 0 bridgehead atoms. The fourth-order valence-electron chi connectivity index (χ4n) is 2.08. The van der Waals surface area contributed by atoms with Crippen molar-refractivity contribution in [2.24, 2.45) is 5.92 Å². The van der Waals surface area contributed by atoms with Crippen molar-refractivity contribution in [3.8, 4) is 0 Å². The molecular weight excluding hydrogens is 252 g/mol. The number of carboxylic acid groups (broad SMARTS) is 1. The Morgan fingerprint density at radius 1 is 1.37 bits per heavy atom. The van der Waals surface area contributed by atoms with Crippen molar-refractivity contribution in [1.29, 1.82) is 0 Å². The largest absolute Gasteiger partial charge is 0.480 e. The highest BCUT2D eigenvalue weighted by atomic mass is 16.5. The van der Waals surface area contributed by atoms with E-state index in [4.69, 9.17) is 14.6 Å². The van der Waals surface area contributed by atoms with E-state index in [0.717, 1.165) is 12.8 Å². The van der Waals surface area contributed by atoms with Gasteiger partial charge in [-0.15, -0.1) is 0 Å². The molecule has 0 aromatic rings. The molecule has 7 nitrogen and oxygen atoms in total. The van der Waals surface area contributed by atoms with E-state index in [0.29, 0.717) is 19.1 Å². The van der Waals surface area contributed by atoms with Crippen LogP contribution in [0.25, 0.3) is 0 Å². The Balaban J connectivity index is 2.38. The van der Waals surface area contributed by atoms with Gasteiger partial charge in [0.25, 0.3) is 0 Å². The molecule has 110 valence electrons. The summed E-state index contributed by atoms with van der Waals surface area (Å²) in [5.74, 6) is -0.749. The highest BCUT2D eigenvalue weighted by Gasteiger charge is 2.24. The van der Waals surface area contributed by atoms with E-state index in [2.05, 4.69) is 10.6 Å². The molecule has 7 heteroatoms. The highest BCUT2D eigenvalue weighted by molar-refractivity contribution is 5.82. The lowest BCUT2D eigenvalue weighted by Gasteiger charge is -2.28. The van der Waals surface area contributed by atoms with E-state index in [-0.39, 0.29) is 12.6 Å². The molecule has 1 aliphatic rings. The number of hydrogen-bond acceptors (Lipinski definition) is 4. The van der Waals surface area contributed by atoms with E-state index >= 15 is 0 Å². The molecule has 1 fully saturated rings. The van der Waals surface area contributed by atoms with Crippen LogP contribution in [-0.2, 0) is 14.3 Å². The monoisotopic (exact) mass is 274 g/mol. The van der Waals surface area contributed by atoms with Crippen LogP contribution in [0.1, 0.15) is 19.8 Å². The summed E-state index contributed by atoms with van der Waals surface area (Å²) in [5, 5.41) is 14.0. The number of carbonyl (C=O) groups excluding carboxylic acids is 1. The quantitative estimate of drug-likeness (QED) is 0.643. The van der Waals surface area contributed by atoms with Gasteiger partial charge in [0.05, 0.1) is 6.61 Å². The second-order valence-corrected chi connectivity index (χ2v) is 4.70. The summed E-state index contributed by atoms with van der Waals surface area (Å²) in [4.78, 5) is 22.6. The van der Waals surface area contributed by atoms with Crippen LogP contribution in [0.2, 0.25) is 0 Å². The van der Waals surface area contributed by atoms with Crippen molar-refractivity contribution in [3.63, 3.8) is 0 Å². The first-order valence-electron chi connectivity index (χ1n) is 6.41. The van der Waals surface area contributed by atoms with Crippen molar-refractivity contribution < 1.29 is 24.2 Å². The molecule has 3 N–H and O–H groups in total. The Labute approximate surface area is 112 Å². The van der Waals surface area contributed by atoms with Crippen molar-refractivity contribution in [2.45, 2.75) is 31.8 Å². The summed E-state index contributed by atoms with van der Waals surface area (Å²) in [6, 6.07) is -1.53. The maximum absolute atomic E-state index is 11.7. The molecule has 2 unspecified atom stereocenters. The summed E-state index contributed by atoms with van der Waals surface area (Å²) in [7, 11) is 1.39. The van der Waals surface area contributed by atoms with Crippen LogP contribution >= 0.6 is 0 Å². The third-order valence-electron chi connectivity index (χ3n) is 3.27. The van der Waals surface area contributed by atoms with Crippen molar-refractivity contribution in [1.82, 2.24) is 10.6 Å². The fourth-order valence-corrected chi connectivity index (χ4v) is 2.08. The average molecular weight is 274 g/mol. The Hall–Kier alpha value is -1.34. The van der Waals surface area contributed by atoms with Gasteiger partial charge in [0.2, 0.25) is 0 Å². The Morgan fingerprint density at radius 2 is 2.00 bits per heavy atom. The summed E-state index contributed by atoms with van der Waals surface area (Å²) in [5.41, 5.74) is 0. The molecule has 1 heterocycles. The molecular formula is C12H22N2O5. The average Bonchev–Trinajstić information content (AvgIpc) is 2.39. The molecule has 0 aromatic heterocycles. The number of urea groups is 1. The van der Waals surface area contributed by atoms with Gasteiger partial charge < -0.3 is 25.2 Å². The number of hydrogen-bond donors (Lipinski definition) is 3. The van der Waals surface area contributed by atoms with Gasteiger partial charge in [0, 0.05) is 26.4 Å².